The van der Waals surface area contributed by atoms with E-state index in [9.17, 15) is 18.0 Å². The van der Waals surface area contributed by atoms with Crippen LogP contribution in [-0.4, -0.2) is 53.9 Å². The van der Waals surface area contributed by atoms with Gasteiger partial charge in [0.1, 0.15) is 5.78 Å². The predicted octanol–water partition coefficient (Wildman–Crippen LogP) is 3.59. The highest BCUT2D eigenvalue weighted by Gasteiger charge is 2.65. The topological polar surface area (TPSA) is 74.8 Å². The molecular weight excluding hydrogens is 444 g/mol. The van der Waals surface area contributed by atoms with Gasteiger partial charge in [-0.05, 0) is 61.6 Å². The van der Waals surface area contributed by atoms with Crippen LogP contribution in [-0.2, 0) is 19.6 Å². The van der Waals surface area contributed by atoms with Crippen molar-refractivity contribution < 1.29 is 18.0 Å². The van der Waals surface area contributed by atoms with E-state index >= 15 is 0 Å². The van der Waals surface area contributed by atoms with E-state index in [1.165, 1.54) is 0 Å². The minimum atomic E-state index is -3.56. The normalized spacial score (nSPS) is 31.7. The second kappa shape index (κ2) is 7.31. The number of rotatable bonds is 4. The summed E-state index contributed by atoms with van der Waals surface area (Å²) in [5, 5.41) is 0. The molecule has 2 saturated heterocycles. The molecule has 2 bridgehead atoms. The molecule has 4 fully saturated rings. The van der Waals surface area contributed by atoms with Gasteiger partial charge in [-0.2, -0.15) is 0 Å². The Balaban J connectivity index is 1.35. The van der Waals surface area contributed by atoms with Crippen LogP contribution in [0.25, 0.3) is 0 Å². The molecule has 8 heteroatoms. The van der Waals surface area contributed by atoms with E-state index in [0.717, 1.165) is 17.7 Å². The van der Waals surface area contributed by atoms with E-state index in [1.54, 1.807) is 16.1 Å². The van der Waals surface area contributed by atoms with Crippen LogP contribution >= 0.6 is 11.8 Å². The minimum absolute atomic E-state index is 0.0665. The standard InChI is InChI=1S/C24H32N2O4S2/c1-17-5-4-6-19(13-17)26-21(28)15-31-24(26)9-11-25(12-10-24)32(29,30)16-23-8-7-18(14-20(23)27)22(23,2)3/h4-6,13,18H,7-12,14-16H2,1-3H3/t18?,23-/m1/s1. The third-order valence-corrected chi connectivity index (χ3v) is 12.4. The fourth-order valence-corrected chi connectivity index (χ4v) is 10.2. The molecule has 2 atom stereocenters. The molecular formula is C24H32N2O4S2. The van der Waals surface area contributed by atoms with Crippen LogP contribution in [0.15, 0.2) is 24.3 Å². The van der Waals surface area contributed by atoms with Crippen molar-refractivity contribution in [2.45, 2.75) is 57.7 Å². The molecule has 0 N–H and O–H groups in total. The first-order valence-corrected chi connectivity index (χ1v) is 14.2. The Morgan fingerprint density at radius 3 is 2.44 bits per heavy atom. The Morgan fingerprint density at radius 2 is 1.84 bits per heavy atom. The lowest BCUT2D eigenvalue weighted by atomic mass is 9.70. The van der Waals surface area contributed by atoms with Crippen molar-refractivity contribution in [3.8, 4) is 0 Å². The lowest BCUT2D eigenvalue weighted by molar-refractivity contribution is -0.128. The van der Waals surface area contributed by atoms with Crippen molar-refractivity contribution in [2.24, 2.45) is 16.7 Å². The molecule has 0 aromatic heterocycles. The summed E-state index contributed by atoms with van der Waals surface area (Å²) in [6, 6.07) is 7.96. The smallest absolute Gasteiger partial charge is 0.238 e. The molecule has 32 heavy (non-hydrogen) atoms. The molecule has 0 radical (unpaired) electrons. The highest BCUT2D eigenvalue weighted by Crippen LogP contribution is 2.64. The summed E-state index contributed by atoms with van der Waals surface area (Å²) in [6.45, 7) is 6.95. The molecule has 2 aliphatic heterocycles. The first-order valence-electron chi connectivity index (χ1n) is 11.6. The van der Waals surface area contributed by atoms with Gasteiger partial charge in [-0.15, -0.1) is 11.8 Å². The van der Waals surface area contributed by atoms with Crippen LogP contribution in [0.1, 0.15) is 51.5 Å². The Labute approximate surface area is 195 Å². The number of nitrogens with zero attached hydrogens (tertiary/aromatic N) is 2. The highest BCUT2D eigenvalue weighted by molar-refractivity contribution is 8.02. The number of anilines is 1. The summed E-state index contributed by atoms with van der Waals surface area (Å²) in [5.74, 6) is 0.889. The van der Waals surface area contributed by atoms with Crippen LogP contribution in [0.4, 0.5) is 5.69 Å². The van der Waals surface area contributed by atoms with E-state index in [0.29, 0.717) is 50.4 Å². The summed E-state index contributed by atoms with van der Waals surface area (Å²) < 4.78 is 28.6. The Kier molecular flexibility index (Phi) is 5.12. The van der Waals surface area contributed by atoms with E-state index in [-0.39, 0.29) is 22.9 Å². The molecule has 5 rings (SSSR count). The number of aryl methyl sites for hydroxylation is 1. The first kappa shape index (κ1) is 22.4. The second-order valence-electron chi connectivity index (χ2n) is 10.6. The average Bonchev–Trinajstić information content (AvgIpc) is 3.23. The van der Waals surface area contributed by atoms with Gasteiger partial charge < -0.3 is 0 Å². The Hall–Kier alpha value is -1.38. The molecule has 2 heterocycles. The fraction of sp³-hybridized carbons (Fsp3) is 0.667. The maximum atomic E-state index is 13.5. The quantitative estimate of drug-likeness (QED) is 0.664. The van der Waals surface area contributed by atoms with Crippen molar-refractivity contribution in [3.05, 3.63) is 29.8 Å². The van der Waals surface area contributed by atoms with Crippen molar-refractivity contribution in [1.82, 2.24) is 4.31 Å². The van der Waals surface area contributed by atoms with Crippen LogP contribution in [0, 0.1) is 23.7 Å². The van der Waals surface area contributed by atoms with Crippen molar-refractivity contribution >= 4 is 39.2 Å². The minimum Gasteiger partial charge on any atom is -0.299 e. The number of Topliss-reactive ketones (excluding diaryl/α,β-unsaturated/α-hetero) is 1. The van der Waals surface area contributed by atoms with Crippen molar-refractivity contribution in [1.29, 1.82) is 0 Å². The molecule has 1 spiro atoms. The van der Waals surface area contributed by atoms with Gasteiger partial charge in [0.15, 0.2) is 0 Å². The van der Waals surface area contributed by atoms with E-state index in [2.05, 4.69) is 13.8 Å². The van der Waals surface area contributed by atoms with Gasteiger partial charge in [-0.3, -0.25) is 14.5 Å². The summed E-state index contributed by atoms with van der Waals surface area (Å²) in [4.78, 5) is 27.2. The third-order valence-electron chi connectivity index (χ3n) is 8.85. The van der Waals surface area contributed by atoms with Crippen LogP contribution in [0.3, 0.4) is 0 Å². The number of benzene rings is 1. The number of fused-ring (bicyclic) bond motifs is 2. The number of piperidine rings is 1. The number of carbonyl (C=O) groups is 2. The maximum Gasteiger partial charge on any atom is 0.238 e. The Morgan fingerprint density at radius 1 is 1.12 bits per heavy atom. The fourth-order valence-electron chi connectivity index (χ4n) is 6.69. The zero-order chi connectivity index (χ0) is 22.9. The molecule has 1 aromatic rings. The van der Waals surface area contributed by atoms with Gasteiger partial charge in [0, 0.05) is 30.6 Å². The number of ketones is 1. The van der Waals surface area contributed by atoms with Gasteiger partial charge in [-0.25, -0.2) is 12.7 Å². The van der Waals surface area contributed by atoms with Crippen LogP contribution in [0.2, 0.25) is 0 Å². The van der Waals surface area contributed by atoms with Gasteiger partial charge in [-0.1, -0.05) is 26.0 Å². The largest absolute Gasteiger partial charge is 0.299 e. The summed E-state index contributed by atoms with van der Waals surface area (Å²) in [5.41, 5.74) is 0.993. The Bertz CT molecular complexity index is 1080. The van der Waals surface area contributed by atoms with Gasteiger partial charge in [0.25, 0.3) is 0 Å². The number of carbonyl (C=O) groups excluding carboxylic acids is 2. The number of sulfonamides is 1. The zero-order valence-electron chi connectivity index (χ0n) is 19.1. The summed E-state index contributed by atoms with van der Waals surface area (Å²) >= 11 is 1.64. The van der Waals surface area contributed by atoms with Gasteiger partial charge >= 0.3 is 0 Å². The molecule has 2 aliphatic carbocycles. The molecule has 1 unspecified atom stereocenters. The molecule has 1 amide bonds. The molecule has 4 aliphatic rings. The average molecular weight is 477 g/mol. The summed E-state index contributed by atoms with van der Waals surface area (Å²) in [7, 11) is -3.56. The number of thioether (sulfide) groups is 1. The second-order valence-corrected chi connectivity index (χ2v) is 13.9. The van der Waals surface area contributed by atoms with Gasteiger partial charge in [0.2, 0.25) is 15.9 Å². The predicted molar refractivity (Wildman–Crippen MR) is 127 cm³/mol. The molecule has 1 aromatic carbocycles. The van der Waals surface area contributed by atoms with E-state index in [4.69, 9.17) is 0 Å². The van der Waals surface area contributed by atoms with E-state index in [1.807, 2.05) is 36.1 Å². The monoisotopic (exact) mass is 476 g/mol. The lowest BCUT2D eigenvalue weighted by Gasteiger charge is -2.44. The maximum absolute atomic E-state index is 13.5. The first-order chi connectivity index (χ1) is 15.0. The SMILES string of the molecule is Cc1cccc(N2C(=O)CSC23CCN(S(=O)(=O)C[C@]24CCC(CC2=O)C4(C)C)CC3)c1. The lowest BCUT2D eigenvalue weighted by Crippen LogP contribution is -2.55. The number of hydrogen-bond acceptors (Lipinski definition) is 5. The van der Waals surface area contributed by atoms with Crippen LogP contribution in [0.5, 0.6) is 0 Å². The third kappa shape index (κ3) is 3.12. The summed E-state index contributed by atoms with van der Waals surface area (Å²) in [6.07, 6.45) is 3.36. The molecule has 2 saturated carbocycles. The van der Waals surface area contributed by atoms with Gasteiger partial charge in [0.05, 0.1) is 16.4 Å². The highest BCUT2D eigenvalue weighted by atomic mass is 32.2. The molecule has 174 valence electrons. The van der Waals surface area contributed by atoms with Crippen LogP contribution < -0.4 is 4.90 Å². The molecule has 6 nitrogen and oxygen atoms in total. The zero-order valence-corrected chi connectivity index (χ0v) is 20.7. The van der Waals surface area contributed by atoms with Crippen molar-refractivity contribution in [2.75, 3.05) is 29.5 Å². The number of hydrogen-bond donors (Lipinski definition) is 0. The van der Waals surface area contributed by atoms with Crippen molar-refractivity contribution in [3.63, 3.8) is 0 Å². The number of amides is 1. The van der Waals surface area contributed by atoms with E-state index < -0.39 is 20.3 Å².